The van der Waals surface area contributed by atoms with Gasteiger partial charge in [-0.05, 0) is 67.5 Å². The van der Waals surface area contributed by atoms with Crippen molar-refractivity contribution in [3.63, 3.8) is 0 Å². The van der Waals surface area contributed by atoms with Crippen LogP contribution in [0.4, 0.5) is 10.5 Å². The number of nitrogens with two attached hydrogens (primary N) is 1. The maximum atomic E-state index is 12.1. The summed E-state index contributed by atoms with van der Waals surface area (Å²) in [6.45, 7) is 4.27. The molecule has 0 radical (unpaired) electrons. The molecule has 1 unspecified atom stereocenters. The van der Waals surface area contributed by atoms with E-state index in [0.29, 0.717) is 18.2 Å². The topological polar surface area (TPSA) is 100.0 Å². The molecule has 7 nitrogen and oxygen atoms in total. The largest absolute Gasteiger partial charge is 0.488 e. The van der Waals surface area contributed by atoms with Gasteiger partial charge in [-0.3, -0.25) is 0 Å². The molecule has 0 aromatic heterocycles. The highest BCUT2D eigenvalue weighted by molar-refractivity contribution is 5.84. The number of aliphatic hydroxyl groups excluding tert-OH is 1. The molecule has 1 aliphatic carbocycles. The minimum atomic E-state index is -0.424. The Morgan fingerprint density at radius 2 is 1.97 bits per heavy atom. The summed E-state index contributed by atoms with van der Waals surface area (Å²) < 4.78 is 7.13. The Morgan fingerprint density at radius 3 is 2.65 bits per heavy atom. The maximum absolute atomic E-state index is 12.1. The van der Waals surface area contributed by atoms with Gasteiger partial charge >= 0.3 is 6.03 Å². The molecule has 1 saturated carbocycles. The average molecular weight is 426 g/mol. The number of ether oxygens (including phenoxy) is 1. The van der Waals surface area contributed by atoms with Gasteiger partial charge in [0.15, 0.2) is 0 Å². The summed E-state index contributed by atoms with van der Waals surface area (Å²) in [6, 6.07) is 11.2. The summed E-state index contributed by atoms with van der Waals surface area (Å²) in [5, 5.41) is 17.0. The molecular weight excluding hydrogens is 392 g/mol. The number of carbonyl (C=O) groups is 1. The van der Waals surface area contributed by atoms with E-state index < -0.39 is 12.1 Å². The molecule has 1 aliphatic rings. The van der Waals surface area contributed by atoms with Gasteiger partial charge in [0, 0.05) is 10.8 Å². The van der Waals surface area contributed by atoms with Gasteiger partial charge in [0.05, 0.1) is 13.2 Å². The quantitative estimate of drug-likeness (QED) is 0.262. The van der Waals surface area contributed by atoms with Crippen LogP contribution in [0.5, 0.6) is 5.75 Å². The summed E-state index contributed by atoms with van der Waals surface area (Å²) in [5.74, 6) is 6.28. The van der Waals surface area contributed by atoms with Crippen molar-refractivity contribution in [3.8, 4) is 5.75 Å². The second-order valence-electron chi connectivity index (χ2n) is 8.33. The monoisotopic (exact) mass is 425 g/mol. The number of rotatable bonds is 6. The number of aliphatic hydroxyl groups is 1. The third kappa shape index (κ3) is 5.61. The van der Waals surface area contributed by atoms with E-state index in [-0.39, 0.29) is 0 Å². The predicted octanol–water partition coefficient (Wildman–Crippen LogP) is 5.00. The summed E-state index contributed by atoms with van der Waals surface area (Å²) in [4.78, 5) is 12.1. The molecule has 2 aromatic rings. The lowest BCUT2D eigenvalue weighted by atomic mass is 9.82. The highest BCUT2D eigenvalue weighted by Gasteiger charge is 2.23. The van der Waals surface area contributed by atoms with Gasteiger partial charge < -0.3 is 9.84 Å². The first-order chi connectivity index (χ1) is 14.9. The number of hydrogen-bond donors (Lipinski definition) is 3. The van der Waals surface area contributed by atoms with Crippen molar-refractivity contribution in [1.29, 1.82) is 0 Å². The zero-order chi connectivity index (χ0) is 22.4. The summed E-state index contributed by atoms with van der Waals surface area (Å²) in [6.07, 6.45) is 5.43. The molecular formula is C24H33N4O3+. The molecule has 1 fully saturated rings. The van der Waals surface area contributed by atoms with Crippen LogP contribution in [0, 0.1) is 19.8 Å². The zero-order valence-electron chi connectivity index (χ0n) is 18.6. The number of aryl methyl sites for hydroxylation is 2. The molecule has 1 atom stereocenters. The minimum absolute atomic E-state index is 0.303. The van der Waals surface area contributed by atoms with Gasteiger partial charge in [-0.2, -0.15) is 0 Å². The highest BCUT2D eigenvalue weighted by Crippen LogP contribution is 2.35. The van der Waals surface area contributed by atoms with E-state index in [0.717, 1.165) is 45.5 Å². The van der Waals surface area contributed by atoms with Crippen molar-refractivity contribution in [2.45, 2.75) is 58.7 Å². The molecule has 0 aliphatic heterocycles. The lowest BCUT2D eigenvalue weighted by Gasteiger charge is -2.27. The van der Waals surface area contributed by atoms with E-state index in [1.165, 1.54) is 26.3 Å². The number of amides is 2. The smallest absolute Gasteiger partial charge is 0.459 e. The average Bonchev–Trinajstić information content (AvgIpc) is 2.78. The van der Waals surface area contributed by atoms with E-state index in [9.17, 15) is 9.90 Å². The molecule has 0 spiro atoms. The highest BCUT2D eigenvalue weighted by atomic mass is 16.5. The Hall–Kier alpha value is -2.93. The minimum Gasteiger partial charge on any atom is -0.488 e. The first kappa shape index (κ1) is 22.7. The first-order valence-corrected chi connectivity index (χ1v) is 10.9. The molecule has 0 bridgehead atoms. The van der Waals surface area contributed by atoms with E-state index in [4.69, 9.17) is 10.6 Å². The van der Waals surface area contributed by atoms with Crippen molar-refractivity contribution < 1.29 is 19.3 Å². The number of anilines is 1. The van der Waals surface area contributed by atoms with Gasteiger partial charge in [0.2, 0.25) is 0 Å². The van der Waals surface area contributed by atoms with Crippen LogP contribution in [0.1, 0.15) is 60.5 Å². The van der Waals surface area contributed by atoms with E-state index in [1.54, 1.807) is 0 Å². The first-order valence-electron chi connectivity index (χ1n) is 10.9. The zero-order valence-corrected chi connectivity index (χ0v) is 18.6. The van der Waals surface area contributed by atoms with Crippen LogP contribution in [0.15, 0.2) is 41.6 Å². The van der Waals surface area contributed by atoms with Crippen LogP contribution in [0.25, 0.3) is 0 Å². The van der Waals surface area contributed by atoms with Crippen molar-refractivity contribution in [1.82, 2.24) is 0 Å². The van der Waals surface area contributed by atoms with Crippen molar-refractivity contribution in [2.24, 2.45) is 17.0 Å². The Morgan fingerprint density at radius 1 is 1.23 bits per heavy atom. The Bertz CT molecular complexity index is 952. The molecule has 2 amide bonds. The van der Waals surface area contributed by atoms with Crippen LogP contribution in [-0.2, 0) is 6.61 Å². The lowest BCUT2D eigenvalue weighted by molar-refractivity contribution is -0.466. The molecule has 3 rings (SSSR count). The van der Waals surface area contributed by atoms with Gasteiger partial charge in [-0.15, -0.1) is 4.70 Å². The van der Waals surface area contributed by atoms with E-state index in [1.807, 2.05) is 50.2 Å². The fourth-order valence-corrected chi connectivity index (χ4v) is 4.15. The Balaban J connectivity index is 1.72. The number of hydrogen-bond acceptors (Lipinski definition) is 4. The van der Waals surface area contributed by atoms with E-state index >= 15 is 0 Å². The van der Waals surface area contributed by atoms with Crippen LogP contribution < -0.4 is 15.9 Å². The maximum Gasteiger partial charge on any atom is 0.459 e. The molecule has 4 N–H and O–H groups in total. The van der Waals surface area contributed by atoms with Crippen molar-refractivity contribution >= 4 is 11.7 Å². The standard InChI is InChI=1S/C24H32N4O3/c1-16-8-7-11-21(26-24(30)28(3)27-25)20(16)15-31-22-13-12-19(14-17(22)2)23(29)18-9-5-4-6-10-18/h7-8,11-14,18,23,25,29H,4-6,9-10,15H2,1-3H3,(H,26,30)/p+1. The predicted molar refractivity (Wildman–Crippen MR) is 120 cm³/mol. The van der Waals surface area contributed by atoms with E-state index in [2.05, 4.69) is 10.5 Å². The summed E-state index contributed by atoms with van der Waals surface area (Å²) in [7, 11) is 1.48. The number of benzene rings is 2. The number of carbonyl (C=O) groups excluding carboxylic acids is 1. The second-order valence-corrected chi connectivity index (χ2v) is 8.33. The molecule has 166 valence electrons. The van der Waals surface area contributed by atoms with Gasteiger partial charge in [0.1, 0.15) is 18.0 Å². The molecule has 2 aromatic carbocycles. The normalized spacial score (nSPS) is 16.1. The third-order valence-corrected chi connectivity index (χ3v) is 6.13. The fraction of sp³-hybridized carbons (Fsp3) is 0.458. The fourth-order valence-electron chi connectivity index (χ4n) is 4.15. The molecule has 7 heteroatoms. The SMILES string of the molecule is Cc1cc(C(O)C2CCCCC2)ccc1OCc1c(C)cccc1NC(=O)/[N+](C)=N\N. The van der Waals surface area contributed by atoms with Gasteiger partial charge in [0.25, 0.3) is 0 Å². The number of urea groups is 1. The van der Waals surface area contributed by atoms with Gasteiger partial charge in [-0.25, -0.2) is 16.0 Å². The van der Waals surface area contributed by atoms with Gasteiger partial charge in [-0.1, -0.05) is 37.5 Å². The third-order valence-electron chi connectivity index (χ3n) is 6.13. The van der Waals surface area contributed by atoms with Crippen molar-refractivity contribution in [2.75, 3.05) is 12.4 Å². The Labute approximate surface area is 183 Å². The lowest BCUT2D eigenvalue weighted by Crippen LogP contribution is -2.23. The second kappa shape index (κ2) is 10.4. The number of nitrogens with zero attached hydrogens (tertiary/aromatic N) is 2. The molecule has 0 heterocycles. The van der Waals surface area contributed by atoms with Crippen LogP contribution in [0.3, 0.4) is 0 Å². The Kier molecular flexibility index (Phi) is 7.63. The molecule has 31 heavy (non-hydrogen) atoms. The van der Waals surface area contributed by atoms with Crippen LogP contribution in [-0.4, -0.2) is 22.9 Å². The number of nitrogens with one attached hydrogen (secondary N) is 1. The summed E-state index contributed by atoms with van der Waals surface area (Å²) in [5.41, 5.74) is 4.48. The molecule has 0 saturated heterocycles. The van der Waals surface area contributed by atoms with Crippen LogP contribution >= 0.6 is 0 Å². The summed E-state index contributed by atoms with van der Waals surface area (Å²) >= 11 is 0. The van der Waals surface area contributed by atoms with Crippen LogP contribution in [0.2, 0.25) is 0 Å². The van der Waals surface area contributed by atoms with Crippen molar-refractivity contribution in [3.05, 3.63) is 58.7 Å².